The highest BCUT2D eigenvalue weighted by Crippen LogP contribution is 2.38. The predicted molar refractivity (Wildman–Crippen MR) is 160 cm³/mol. The smallest absolute Gasteiger partial charge is 0.0702 e. The molecule has 0 aliphatic heterocycles. The van der Waals surface area contributed by atoms with Gasteiger partial charge >= 0.3 is 0 Å². The van der Waals surface area contributed by atoms with Gasteiger partial charge in [-0.05, 0) is 90.3 Å². The van der Waals surface area contributed by atoms with Crippen LogP contribution in [-0.2, 0) is 0 Å². The second-order valence-corrected chi connectivity index (χ2v) is 9.85. The molecule has 0 atom stereocenters. The van der Waals surface area contributed by atoms with E-state index in [4.69, 9.17) is 0 Å². The van der Waals surface area contributed by atoms with E-state index < -0.39 is 0 Å². The third-order valence-electron chi connectivity index (χ3n) is 7.75. The summed E-state index contributed by atoms with van der Waals surface area (Å²) in [7, 11) is 0. The molecule has 0 radical (unpaired) electrons. The molecule has 0 amide bonds. The van der Waals surface area contributed by atoms with Crippen molar-refractivity contribution in [2.24, 2.45) is 0 Å². The van der Waals surface area contributed by atoms with Crippen LogP contribution in [0.5, 0.6) is 0 Å². The minimum absolute atomic E-state index is 0.999. The first-order chi connectivity index (χ1) is 18.8. The van der Waals surface area contributed by atoms with Crippen molar-refractivity contribution in [3.63, 3.8) is 0 Å². The number of benzene rings is 6. The fourth-order valence-corrected chi connectivity index (χ4v) is 5.90. The van der Waals surface area contributed by atoms with Gasteiger partial charge in [0.1, 0.15) is 0 Å². The Morgan fingerprint density at radius 1 is 0.316 bits per heavy atom. The molecule has 0 aliphatic carbocycles. The molecule has 0 bridgehead atoms. The molecule has 38 heavy (non-hydrogen) atoms. The van der Waals surface area contributed by atoms with E-state index in [1.807, 2.05) is 36.7 Å². The zero-order valence-corrected chi connectivity index (χ0v) is 20.6. The average molecular weight is 483 g/mol. The van der Waals surface area contributed by atoms with Crippen LogP contribution in [0.15, 0.2) is 134 Å². The first-order valence-corrected chi connectivity index (χ1v) is 12.9. The molecule has 8 aromatic rings. The van der Waals surface area contributed by atoms with Gasteiger partial charge in [-0.2, -0.15) is 0 Å². The highest BCUT2D eigenvalue weighted by atomic mass is 14.7. The van der Waals surface area contributed by atoms with Crippen LogP contribution in [0.1, 0.15) is 0 Å². The lowest BCUT2D eigenvalue weighted by molar-refractivity contribution is 1.33. The van der Waals surface area contributed by atoms with Crippen molar-refractivity contribution in [1.29, 1.82) is 0 Å². The van der Waals surface area contributed by atoms with E-state index in [2.05, 4.69) is 107 Å². The van der Waals surface area contributed by atoms with Crippen LogP contribution in [0.4, 0.5) is 0 Å². The Hall–Kier alpha value is -5.08. The van der Waals surface area contributed by atoms with Crippen molar-refractivity contribution < 1.29 is 0 Å². The molecule has 0 aliphatic rings. The molecule has 2 nitrogen and oxygen atoms in total. The van der Waals surface area contributed by atoms with Gasteiger partial charge in [-0.15, -0.1) is 0 Å². The highest BCUT2D eigenvalue weighted by molar-refractivity contribution is 6.25. The van der Waals surface area contributed by atoms with E-state index in [1.54, 1.807) is 0 Å². The minimum atomic E-state index is 0.999. The third kappa shape index (κ3) is 3.21. The van der Waals surface area contributed by atoms with Crippen LogP contribution in [0.2, 0.25) is 0 Å². The topological polar surface area (TPSA) is 25.8 Å². The molecule has 0 saturated carbocycles. The molecular formula is C36H22N2. The quantitative estimate of drug-likeness (QED) is 0.229. The minimum Gasteiger partial charge on any atom is -0.256 e. The van der Waals surface area contributed by atoms with Crippen molar-refractivity contribution in [1.82, 2.24) is 9.97 Å². The van der Waals surface area contributed by atoms with Gasteiger partial charge in [0, 0.05) is 23.5 Å². The molecule has 0 saturated heterocycles. The molecule has 0 N–H and O–H groups in total. The van der Waals surface area contributed by atoms with Gasteiger partial charge in [0.2, 0.25) is 0 Å². The number of hydrogen-bond donors (Lipinski definition) is 0. The highest BCUT2D eigenvalue weighted by Gasteiger charge is 2.11. The van der Waals surface area contributed by atoms with Gasteiger partial charge in [0.25, 0.3) is 0 Å². The van der Waals surface area contributed by atoms with E-state index in [9.17, 15) is 0 Å². The molecule has 176 valence electrons. The van der Waals surface area contributed by atoms with Crippen molar-refractivity contribution in [3.05, 3.63) is 134 Å². The number of fused-ring (bicyclic) bond motifs is 9. The summed E-state index contributed by atoms with van der Waals surface area (Å²) in [6.07, 6.45) is 3.69. The lowest BCUT2D eigenvalue weighted by Gasteiger charge is -2.12. The third-order valence-corrected chi connectivity index (χ3v) is 7.75. The van der Waals surface area contributed by atoms with E-state index in [-0.39, 0.29) is 0 Å². The summed E-state index contributed by atoms with van der Waals surface area (Å²) >= 11 is 0. The molecular weight excluding hydrogens is 460 g/mol. The van der Waals surface area contributed by atoms with Crippen molar-refractivity contribution in [2.75, 3.05) is 0 Å². The molecule has 6 aromatic carbocycles. The summed E-state index contributed by atoms with van der Waals surface area (Å²) in [5.74, 6) is 0. The number of nitrogens with zero attached hydrogens (tertiary/aromatic N) is 2. The fourth-order valence-electron chi connectivity index (χ4n) is 5.90. The number of rotatable bonds is 2. The number of aromatic nitrogens is 2. The molecule has 2 heterocycles. The Labute approximate surface area is 219 Å². The maximum Gasteiger partial charge on any atom is 0.0702 e. The van der Waals surface area contributed by atoms with E-state index in [0.29, 0.717) is 0 Å². The summed E-state index contributed by atoms with van der Waals surface area (Å²) in [6, 6.07) is 43.6. The molecule has 0 fully saturated rings. The van der Waals surface area contributed by atoms with Gasteiger partial charge in [0.05, 0.1) is 11.4 Å². The molecule has 0 unspecified atom stereocenters. The van der Waals surface area contributed by atoms with Crippen LogP contribution in [0, 0.1) is 0 Å². The largest absolute Gasteiger partial charge is 0.256 e. The molecule has 2 heteroatoms. The van der Waals surface area contributed by atoms with Crippen molar-refractivity contribution in [2.45, 2.75) is 0 Å². The predicted octanol–water partition coefficient (Wildman–Crippen LogP) is 9.58. The van der Waals surface area contributed by atoms with Gasteiger partial charge in [-0.25, -0.2) is 0 Å². The Morgan fingerprint density at radius 2 is 0.684 bits per heavy atom. The lowest BCUT2D eigenvalue weighted by atomic mass is 9.91. The Balaban J connectivity index is 1.31. The van der Waals surface area contributed by atoms with Gasteiger partial charge in [-0.3, -0.25) is 9.97 Å². The van der Waals surface area contributed by atoms with E-state index >= 15 is 0 Å². The van der Waals surface area contributed by atoms with Crippen LogP contribution in [0.25, 0.3) is 76.4 Å². The molecule has 2 aromatic heterocycles. The summed E-state index contributed by atoms with van der Waals surface area (Å²) in [5.41, 5.74) is 4.28. The van der Waals surface area contributed by atoms with Gasteiger partial charge in [-0.1, -0.05) is 84.9 Å². The summed E-state index contributed by atoms with van der Waals surface area (Å²) < 4.78 is 0. The Kier molecular flexibility index (Phi) is 4.55. The molecule has 8 rings (SSSR count). The number of pyridine rings is 2. The van der Waals surface area contributed by atoms with Crippen LogP contribution in [0.3, 0.4) is 0 Å². The monoisotopic (exact) mass is 482 g/mol. The summed E-state index contributed by atoms with van der Waals surface area (Å²) in [5, 5.41) is 12.7. The van der Waals surface area contributed by atoms with Crippen LogP contribution >= 0.6 is 0 Å². The second kappa shape index (κ2) is 8.22. The van der Waals surface area contributed by atoms with E-state index in [0.717, 1.165) is 22.5 Å². The Morgan fingerprint density at radius 3 is 1.08 bits per heavy atom. The van der Waals surface area contributed by atoms with Gasteiger partial charge in [0.15, 0.2) is 0 Å². The maximum atomic E-state index is 4.53. The normalized spacial score (nSPS) is 11.7. The standard InChI is InChI=1S/C36H22N2/c1-3-19-37-35(5-1)25-9-11-27-23(21-25)7-13-31-29(27)15-17-34-32-14-8-24-22-26(36-6-2-4-20-38-36)10-12-28(24)30(32)16-18-33(31)34/h1-22H. The molecule has 0 spiro atoms. The number of hydrogen-bond acceptors (Lipinski definition) is 2. The van der Waals surface area contributed by atoms with Crippen LogP contribution in [-0.4, -0.2) is 9.97 Å². The Bertz CT molecular complexity index is 2010. The fraction of sp³-hybridized carbons (Fsp3) is 0. The summed E-state index contributed by atoms with van der Waals surface area (Å²) in [6.45, 7) is 0. The first-order valence-electron chi connectivity index (χ1n) is 12.9. The van der Waals surface area contributed by atoms with E-state index in [1.165, 1.54) is 53.9 Å². The second-order valence-electron chi connectivity index (χ2n) is 9.85. The average Bonchev–Trinajstić information content (AvgIpc) is 3.00. The zero-order valence-electron chi connectivity index (χ0n) is 20.6. The first kappa shape index (κ1) is 21.0. The van der Waals surface area contributed by atoms with Gasteiger partial charge < -0.3 is 0 Å². The summed E-state index contributed by atoms with van der Waals surface area (Å²) in [4.78, 5) is 9.05. The van der Waals surface area contributed by atoms with Crippen molar-refractivity contribution in [3.8, 4) is 22.5 Å². The maximum absolute atomic E-state index is 4.53. The lowest BCUT2D eigenvalue weighted by Crippen LogP contribution is -1.86. The zero-order chi connectivity index (χ0) is 25.1. The SMILES string of the molecule is c1ccc(-c2ccc3c(ccc4c3ccc3c5ccc6cc(-c7ccccn7)ccc6c5ccc43)c2)nc1. The van der Waals surface area contributed by atoms with Crippen LogP contribution < -0.4 is 0 Å². The van der Waals surface area contributed by atoms with Crippen molar-refractivity contribution >= 4 is 53.9 Å².